The molecule has 0 bridgehead atoms. The van der Waals surface area contributed by atoms with Gasteiger partial charge in [0.05, 0.1) is 50.0 Å². The number of aromatic nitrogens is 5. The van der Waals surface area contributed by atoms with Crippen LogP contribution in [0.15, 0.2) is 53.5 Å². The third-order valence-corrected chi connectivity index (χ3v) is 5.74. The number of fused-ring (bicyclic) bond motifs is 3. The normalized spacial score (nSPS) is 12.0. The third-order valence-electron chi connectivity index (χ3n) is 5.43. The molecule has 8 nitrogen and oxygen atoms in total. The highest BCUT2D eigenvalue weighted by atomic mass is 35.5. The van der Waals surface area contributed by atoms with Gasteiger partial charge in [-0.05, 0) is 30.3 Å². The molecule has 5 aromatic rings. The number of hydrogen-bond acceptors (Lipinski definition) is 4. The molecule has 0 aliphatic heterocycles. The summed E-state index contributed by atoms with van der Waals surface area (Å²) in [6.07, 6.45) is -3.09. The molecule has 0 spiro atoms. The summed E-state index contributed by atoms with van der Waals surface area (Å²) < 4.78 is 42.6. The van der Waals surface area contributed by atoms with Crippen molar-refractivity contribution in [3.63, 3.8) is 0 Å². The maximum Gasteiger partial charge on any atom is 0.416 e. The van der Waals surface area contributed by atoms with E-state index in [1.54, 1.807) is 7.05 Å². The third kappa shape index (κ3) is 3.32. The molecule has 2 N–H and O–H groups in total. The number of carboxylic acid groups (broad SMARTS) is 1. The lowest BCUT2D eigenvalue weighted by molar-refractivity contribution is -0.137. The molecule has 12 heteroatoms. The van der Waals surface area contributed by atoms with E-state index in [4.69, 9.17) is 11.6 Å². The minimum absolute atomic E-state index is 0.0467. The second-order valence-electron chi connectivity index (χ2n) is 7.52. The summed E-state index contributed by atoms with van der Waals surface area (Å²) >= 11 is 6.07. The Labute approximate surface area is 192 Å². The Bertz CT molecular complexity index is 1680. The number of carbonyl (C=O) groups is 1. The molecule has 0 unspecified atom stereocenters. The Morgan fingerprint density at radius 2 is 1.94 bits per heavy atom. The second kappa shape index (κ2) is 7.45. The van der Waals surface area contributed by atoms with Gasteiger partial charge in [-0.1, -0.05) is 23.7 Å². The van der Waals surface area contributed by atoms with Crippen LogP contribution in [0.2, 0.25) is 5.02 Å². The summed E-state index contributed by atoms with van der Waals surface area (Å²) in [7, 11) is 1.62. The van der Waals surface area contributed by atoms with Crippen LogP contribution in [0.3, 0.4) is 0 Å². The first-order chi connectivity index (χ1) is 16.1. The Morgan fingerprint density at radius 1 is 1.18 bits per heavy atom. The Morgan fingerprint density at radius 3 is 2.62 bits per heavy atom. The van der Waals surface area contributed by atoms with Crippen LogP contribution >= 0.6 is 11.6 Å². The van der Waals surface area contributed by atoms with Crippen molar-refractivity contribution in [3.05, 3.63) is 75.2 Å². The number of aromatic carboxylic acids is 1. The standard InChI is InChI=1S/C22H13ClF3N5O3/c1-30-19-14(9-27-30)18-16(17(28-19)10-3-2-4-11(7-10)22(24,25)26)20(32)31(29-18)12-5-6-13(21(33)34)15(23)8-12/h2-9,29H,1H3,(H,33,34). The van der Waals surface area contributed by atoms with Crippen LogP contribution in [0.1, 0.15) is 15.9 Å². The number of nitrogens with one attached hydrogen (secondary N) is 1. The van der Waals surface area contributed by atoms with Gasteiger partial charge in [0.1, 0.15) is 0 Å². The molecule has 0 aliphatic carbocycles. The van der Waals surface area contributed by atoms with Crippen LogP contribution in [0.25, 0.3) is 38.9 Å². The van der Waals surface area contributed by atoms with Crippen LogP contribution in [0.4, 0.5) is 13.2 Å². The van der Waals surface area contributed by atoms with E-state index in [2.05, 4.69) is 15.2 Å². The van der Waals surface area contributed by atoms with E-state index in [-0.39, 0.29) is 32.9 Å². The van der Waals surface area contributed by atoms with E-state index in [1.165, 1.54) is 41.2 Å². The van der Waals surface area contributed by atoms with E-state index < -0.39 is 23.3 Å². The first-order valence-corrected chi connectivity index (χ1v) is 10.1. The number of nitrogens with zero attached hydrogens (tertiary/aromatic N) is 4. The van der Waals surface area contributed by atoms with Gasteiger partial charge in [-0.3, -0.25) is 14.6 Å². The SMILES string of the molecule is Cn1ncc2c3[nH]n(-c4ccc(C(=O)O)c(Cl)c4)c(=O)c3c(-c3cccc(C(F)(F)F)c3)nc21. The minimum atomic E-state index is -4.58. The number of benzene rings is 2. The number of aromatic amines is 1. The summed E-state index contributed by atoms with van der Waals surface area (Å²) in [6.45, 7) is 0. The number of halogens is 4. The van der Waals surface area contributed by atoms with E-state index in [1.807, 2.05) is 0 Å². The topological polar surface area (TPSA) is 106 Å². The molecule has 5 rings (SSSR count). The van der Waals surface area contributed by atoms with Gasteiger partial charge in [0.2, 0.25) is 0 Å². The number of rotatable bonds is 3. The zero-order chi connectivity index (χ0) is 24.4. The lowest BCUT2D eigenvalue weighted by Crippen LogP contribution is -2.15. The summed E-state index contributed by atoms with van der Waals surface area (Å²) in [5, 5.41) is 16.8. The molecule has 3 heterocycles. The average molecular weight is 488 g/mol. The minimum Gasteiger partial charge on any atom is -0.478 e. The van der Waals surface area contributed by atoms with Crippen molar-refractivity contribution < 1.29 is 23.1 Å². The van der Waals surface area contributed by atoms with Crippen molar-refractivity contribution in [3.8, 4) is 16.9 Å². The molecular weight excluding hydrogens is 475 g/mol. The molecule has 0 saturated carbocycles. The van der Waals surface area contributed by atoms with Crippen molar-refractivity contribution in [2.45, 2.75) is 6.18 Å². The highest BCUT2D eigenvalue weighted by Crippen LogP contribution is 2.35. The van der Waals surface area contributed by atoms with Gasteiger partial charge in [0, 0.05) is 12.6 Å². The number of aryl methyl sites for hydroxylation is 1. The van der Waals surface area contributed by atoms with Gasteiger partial charge in [-0.25, -0.2) is 14.5 Å². The monoisotopic (exact) mass is 487 g/mol. The van der Waals surface area contributed by atoms with Crippen molar-refractivity contribution in [2.75, 3.05) is 0 Å². The van der Waals surface area contributed by atoms with Crippen LogP contribution in [0.5, 0.6) is 0 Å². The first-order valence-electron chi connectivity index (χ1n) is 9.73. The highest BCUT2D eigenvalue weighted by Gasteiger charge is 2.31. The zero-order valence-electron chi connectivity index (χ0n) is 17.2. The summed E-state index contributed by atoms with van der Waals surface area (Å²) in [4.78, 5) is 29.2. The predicted octanol–water partition coefficient (Wildman–Crippen LogP) is 4.64. The Hall–Kier alpha value is -4.12. The maximum absolute atomic E-state index is 13.5. The van der Waals surface area contributed by atoms with E-state index in [9.17, 15) is 27.9 Å². The molecule has 0 aliphatic rings. The lowest BCUT2D eigenvalue weighted by Gasteiger charge is -2.09. The fourth-order valence-corrected chi connectivity index (χ4v) is 4.06. The zero-order valence-corrected chi connectivity index (χ0v) is 17.9. The van der Waals surface area contributed by atoms with Crippen LogP contribution in [-0.2, 0) is 13.2 Å². The molecule has 0 amide bonds. The molecule has 34 heavy (non-hydrogen) atoms. The van der Waals surface area contributed by atoms with Gasteiger partial charge in [-0.15, -0.1) is 0 Å². The van der Waals surface area contributed by atoms with E-state index in [0.29, 0.717) is 16.6 Å². The lowest BCUT2D eigenvalue weighted by atomic mass is 10.0. The molecule has 0 atom stereocenters. The van der Waals surface area contributed by atoms with E-state index >= 15 is 0 Å². The molecule has 3 aromatic heterocycles. The van der Waals surface area contributed by atoms with Crippen LogP contribution < -0.4 is 5.56 Å². The van der Waals surface area contributed by atoms with Gasteiger partial charge in [0.25, 0.3) is 5.56 Å². The number of H-pyrrole nitrogens is 1. The number of alkyl halides is 3. The van der Waals surface area contributed by atoms with Crippen molar-refractivity contribution >= 4 is 39.5 Å². The molecule has 0 fully saturated rings. The fraction of sp³-hybridized carbons (Fsp3) is 0.0909. The predicted molar refractivity (Wildman–Crippen MR) is 118 cm³/mol. The Balaban J connectivity index is 1.84. The van der Waals surface area contributed by atoms with Crippen LogP contribution in [-0.4, -0.2) is 35.6 Å². The largest absolute Gasteiger partial charge is 0.478 e. The molecule has 2 aromatic carbocycles. The number of pyridine rings is 1. The maximum atomic E-state index is 13.5. The quantitative estimate of drug-likeness (QED) is 0.386. The average Bonchev–Trinajstić information content (AvgIpc) is 3.32. The second-order valence-corrected chi connectivity index (χ2v) is 7.92. The van der Waals surface area contributed by atoms with Crippen molar-refractivity contribution in [2.24, 2.45) is 7.05 Å². The van der Waals surface area contributed by atoms with E-state index in [0.717, 1.165) is 16.8 Å². The summed E-state index contributed by atoms with van der Waals surface area (Å²) in [5.74, 6) is -1.23. The van der Waals surface area contributed by atoms with Crippen molar-refractivity contribution in [1.82, 2.24) is 24.5 Å². The van der Waals surface area contributed by atoms with Gasteiger partial charge < -0.3 is 5.11 Å². The Kier molecular flexibility index (Phi) is 4.76. The summed E-state index contributed by atoms with van der Waals surface area (Å²) in [5.41, 5.74) is -0.562. The van der Waals surface area contributed by atoms with Crippen LogP contribution in [0, 0.1) is 0 Å². The van der Waals surface area contributed by atoms with Crippen molar-refractivity contribution in [1.29, 1.82) is 0 Å². The number of carboxylic acids is 1. The van der Waals surface area contributed by atoms with Gasteiger partial charge >= 0.3 is 12.1 Å². The fourth-order valence-electron chi connectivity index (χ4n) is 3.80. The first kappa shape index (κ1) is 21.7. The molecule has 0 radical (unpaired) electrons. The molecular formula is C22H13ClF3N5O3. The molecule has 0 saturated heterocycles. The van der Waals surface area contributed by atoms with Gasteiger partial charge in [0.15, 0.2) is 5.65 Å². The smallest absolute Gasteiger partial charge is 0.416 e. The molecule has 172 valence electrons. The number of hydrogen-bond donors (Lipinski definition) is 2. The van der Waals surface area contributed by atoms with Gasteiger partial charge in [-0.2, -0.15) is 18.3 Å². The summed E-state index contributed by atoms with van der Waals surface area (Å²) in [6, 6.07) is 8.50. The highest BCUT2D eigenvalue weighted by molar-refractivity contribution is 6.33.